The molecule has 0 spiro atoms. The van der Waals surface area contributed by atoms with E-state index in [0.29, 0.717) is 11.6 Å². The minimum absolute atomic E-state index is 0.00569. The molecule has 1 aromatic heterocycles. The van der Waals surface area contributed by atoms with Crippen molar-refractivity contribution < 1.29 is 4.92 Å². The molecule has 0 aliphatic carbocycles. The van der Waals surface area contributed by atoms with E-state index in [1.165, 1.54) is 12.3 Å². The first kappa shape index (κ1) is 14.3. The summed E-state index contributed by atoms with van der Waals surface area (Å²) >= 11 is 5.85. The van der Waals surface area contributed by atoms with Crippen molar-refractivity contribution in [2.45, 2.75) is 13.5 Å². The first-order chi connectivity index (χ1) is 9.47. The first-order valence-corrected chi connectivity index (χ1v) is 6.42. The van der Waals surface area contributed by atoms with Crippen LogP contribution in [0.25, 0.3) is 0 Å². The highest BCUT2D eigenvalue weighted by Crippen LogP contribution is 2.22. The van der Waals surface area contributed by atoms with E-state index < -0.39 is 4.92 Å². The van der Waals surface area contributed by atoms with Crippen molar-refractivity contribution in [2.75, 3.05) is 11.9 Å². The zero-order valence-electron chi connectivity index (χ0n) is 11.2. The molecule has 0 N–H and O–H groups in total. The SMILES string of the molecule is Cc1cc([N+](=O)[O-])cnc1N(C)Cc1ccc(Cl)cc1. The quantitative estimate of drug-likeness (QED) is 0.638. The number of aryl methyl sites for hydroxylation is 1. The average molecular weight is 292 g/mol. The van der Waals surface area contributed by atoms with E-state index in [0.717, 1.165) is 16.9 Å². The van der Waals surface area contributed by atoms with Crippen LogP contribution in [-0.4, -0.2) is 17.0 Å². The standard InChI is InChI=1S/C14H14ClN3O2/c1-10-7-13(18(19)20)8-16-14(10)17(2)9-11-3-5-12(15)6-4-11/h3-8H,9H2,1-2H3. The molecule has 0 bridgehead atoms. The summed E-state index contributed by atoms with van der Waals surface area (Å²) in [6.07, 6.45) is 1.28. The van der Waals surface area contributed by atoms with Gasteiger partial charge in [-0.1, -0.05) is 23.7 Å². The highest BCUT2D eigenvalue weighted by Gasteiger charge is 2.12. The van der Waals surface area contributed by atoms with Gasteiger partial charge in [0.25, 0.3) is 5.69 Å². The molecule has 0 atom stereocenters. The van der Waals surface area contributed by atoms with Crippen LogP contribution in [0.15, 0.2) is 36.5 Å². The summed E-state index contributed by atoms with van der Waals surface area (Å²) in [5.74, 6) is 0.727. The minimum atomic E-state index is -0.441. The van der Waals surface area contributed by atoms with E-state index in [9.17, 15) is 10.1 Å². The van der Waals surface area contributed by atoms with Gasteiger partial charge in [-0.2, -0.15) is 0 Å². The number of rotatable bonds is 4. The van der Waals surface area contributed by atoms with Crippen molar-refractivity contribution in [1.29, 1.82) is 0 Å². The van der Waals surface area contributed by atoms with Gasteiger partial charge in [0.2, 0.25) is 0 Å². The monoisotopic (exact) mass is 291 g/mol. The Hall–Kier alpha value is -2.14. The summed E-state index contributed by atoms with van der Waals surface area (Å²) in [4.78, 5) is 16.4. The summed E-state index contributed by atoms with van der Waals surface area (Å²) in [6.45, 7) is 2.47. The summed E-state index contributed by atoms with van der Waals surface area (Å²) < 4.78 is 0. The zero-order valence-corrected chi connectivity index (χ0v) is 12.0. The van der Waals surface area contributed by atoms with Crippen molar-refractivity contribution in [3.63, 3.8) is 0 Å². The molecule has 0 saturated heterocycles. The number of nitro groups is 1. The second-order valence-corrected chi connectivity index (χ2v) is 5.01. The molecule has 104 valence electrons. The summed E-state index contributed by atoms with van der Waals surface area (Å²) in [7, 11) is 1.90. The lowest BCUT2D eigenvalue weighted by Gasteiger charge is -2.20. The fraction of sp³-hybridized carbons (Fsp3) is 0.214. The molecule has 20 heavy (non-hydrogen) atoms. The highest BCUT2D eigenvalue weighted by molar-refractivity contribution is 6.30. The van der Waals surface area contributed by atoms with Crippen LogP contribution in [0.1, 0.15) is 11.1 Å². The number of anilines is 1. The maximum atomic E-state index is 10.7. The van der Waals surface area contributed by atoms with Crippen LogP contribution < -0.4 is 4.90 Å². The van der Waals surface area contributed by atoms with E-state index in [4.69, 9.17) is 11.6 Å². The third-order valence-electron chi connectivity index (χ3n) is 2.94. The zero-order chi connectivity index (χ0) is 14.7. The van der Waals surface area contributed by atoms with E-state index in [1.807, 2.05) is 43.1 Å². The number of benzene rings is 1. The Labute approximate surface area is 122 Å². The number of halogens is 1. The van der Waals surface area contributed by atoms with E-state index in [2.05, 4.69) is 4.98 Å². The van der Waals surface area contributed by atoms with Crippen molar-refractivity contribution in [3.05, 3.63) is 62.8 Å². The second-order valence-electron chi connectivity index (χ2n) is 4.57. The maximum Gasteiger partial charge on any atom is 0.287 e. The van der Waals surface area contributed by atoms with Crippen LogP contribution in [0, 0.1) is 17.0 Å². The van der Waals surface area contributed by atoms with E-state index in [-0.39, 0.29) is 5.69 Å². The fourth-order valence-electron chi connectivity index (χ4n) is 1.99. The molecular formula is C14H14ClN3O2. The van der Waals surface area contributed by atoms with Crippen molar-refractivity contribution in [1.82, 2.24) is 4.98 Å². The van der Waals surface area contributed by atoms with Crippen LogP contribution in [0.3, 0.4) is 0 Å². The maximum absolute atomic E-state index is 10.7. The molecule has 0 saturated carbocycles. The molecule has 0 aliphatic heterocycles. The Morgan fingerprint density at radius 2 is 2.00 bits per heavy atom. The van der Waals surface area contributed by atoms with Gasteiger partial charge >= 0.3 is 0 Å². The fourth-order valence-corrected chi connectivity index (χ4v) is 2.12. The van der Waals surface area contributed by atoms with Gasteiger partial charge in [0.1, 0.15) is 12.0 Å². The Balaban J connectivity index is 2.18. The van der Waals surface area contributed by atoms with Gasteiger partial charge in [-0.3, -0.25) is 10.1 Å². The third-order valence-corrected chi connectivity index (χ3v) is 3.19. The predicted octanol–water partition coefficient (Wildman–Crippen LogP) is 3.59. The van der Waals surface area contributed by atoms with E-state index in [1.54, 1.807) is 0 Å². The van der Waals surface area contributed by atoms with Gasteiger partial charge in [-0.15, -0.1) is 0 Å². The smallest absolute Gasteiger partial charge is 0.287 e. The lowest BCUT2D eigenvalue weighted by molar-refractivity contribution is -0.385. The molecule has 0 aliphatic rings. The largest absolute Gasteiger partial charge is 0.355 e. The van der Waals surface area contributed by atoms with Gasteiger partial charge in [0.15, 0.2) is 0 Å². The highest BCUT2D eigenvalue weighted by atomic mass is 35.5. The van der Waals surface area contributed by atoms with E-state index >= 15 is 0 Å². The average Bonchev–Trinajstić information content (AvgIpc) is 2.41. The topological polar surface area (TPSA) is 59.3 Å². The number of pyridine rings is 1. The molecule has 6 heteroatoms. The molecule has 0 fully saturated rings. The molecule has 2 aromatic rings. The third kappa shape index (κ3) is 3.24. The van der Waals surface area contributed by atoms with Gasteiger partial charge in [0.05, 0.1) is 4.92 Å². The molecular weight excluding hydrogens is 278 g/mol. The van der Waals surface area contributed by atoms with Crippen LogP contribution in [-0.2, 0) is 6.54 Å². The number of nitrogens with zero attached hydrogens (tertiary/aromatic N) is 3. The van der Waals surface area contributed by atoms with Crippen LogP contribution >= 0.6 is 11.6 Å². The Morgan fingerprint density at radius 1 is 1.35 bits per heavy atom. The summed E-state index contributed by atoms with van der Waals surface area (Å²) in [6, 6.07) is 9.08. The first-order valence-electron chi connectivity index (χ1n) is 6.04. The van der Waals surface area contributed by atoms with Gasteiger partial charge in [-0.25, -0.2) is 4.98 Å². The van der Waals surface area contributed by atoms with Crippen LogP contribution in [0.5, 0.6) is 0 Å². The molecule has 1 aromatic carbocycles. The Kier molecular flexibility index (Phi) is 4.20. The molecule has 0 unspecified atom stereocenters. The van der Waals surface area contributed by atoms with Crippen LogP contribution in [0.4, 0.5) is 11.5 Å². The van der Waals surface area contributed by atoms with Crippen molar-refractivity contribution in [3.8, 4) is 0 Å². The van der Waals surface area contributed by atoms with Gasteiger partial charge in [0, 0.05) is 24.7 Å². The number of hydrogen-bond donors (Lipinski definition) is 0. The van der Waals surface area contributed by atoms with Crippen LogP contribution in [0.2, 0.25) is 5.02 Å². The van der Waals surface area contributed by atoms with Crippen molar-refractivity contribution in [2.24, 2.45) is 0 Å². The van der Waals surface area contributed by atoms with Gasteiger partial charge < -0.3 is 4.90 Å². The molecule has 2 rings (SSSR count). The lowest BCUT2D eigenvalue weighted by atomic mass is 10.2. The molecule has 1 heterocycles. The summed E-state index contributed by atoms with van der Waals surface area (Å²) in [5, 5.41) is 11.4. The Bertz CT molecular complexity index is 629. The van der Waals surface area contributed by atoms with Gasteiger partial charge in [-0.05, 0) is 30.2 Å². The molecule has 5 nitrogen and oxygen atoms in total. The lowest BCUT2D eigenvalue weighted by Crippen LogP contribution is -2.18. The normalized spacial score (nSPS) is 10.3. The predicted molar refractivity (Wildman–Crippen MR) is 79.2 cm³/mol. The van der Waals surface area contributed by atoms with Crippen molar-refractivity contribution >= 4 is 23.1 Å². The minimum Gasteiger partial charge on any atom is -0.355 e. The number of aromatic nitrogens is 1. The molecule has 0 radical (unpaired) electrons. The number of hydrogen-bond acceptors (Lipinski definition) is 4. The molecule has 0 amide bonds. The summed E-state index contributed by atoms with van der Waals surface area (Å²) in [5.41, 5.74) is 1.87. The Morgan fingerprint density at radius 3 is 2.55 bits per heavy atom. The second kappa shape index (κ2) is 5.88.